The van der Waals surface area contributed by atoms with Crippen LogP contribution in [0.15, 0.2) is 241 Å². The van der Waals surface area contributed by atoms with Gasteiger partial charge in [-0.3, -0.25) is 4.98 Å². The zero-order valence-electron chi connectivity index (χ0n) is 37.5. The molecule has 1 aliphatic rings. The third-order valence-corrected chi connectivity index (χ3v) is 14.0. The molecule has 1 aliphatic carbocycles. The molecule has 10 aromatic carbocycles. The van der Waals surface area contributed by atoms with Crippen molar-refractivity contribution in [3.8, 4) is 55.8 Å². The van der Waals surface area contributed by atoms with E-state index in [-0.39, 0.29) is 0 Å². The summed E-state index contributed by atoms with van der Waals surface area (Å²) in [6.45, 7) is 2.30. The molecule has 3 heteroatoms. The van der Waals surface area contributed by atoms with E-state index < -0.39 is 0 Å². The van der Waals surface area contributed by atoms with Crippen LogP contribution in [0.25, 0.3) is 116 Å². The summed E-state index contributed by atoms with van der Waals surface area (Å²) in [6, 6.07) is 76.2. The number of aromatic nitrogens is 2. The normalized spacial score (nSPS) is 14.9. The number of rotatable bonds is 7. The molecule has 12 aromatic rings. The van der Waals surface area contributed by atoms with Crippen molar-refractivity contribution in [2.75, 3.05) is 0 Å². The Morgan fingerprint density at radius 3 is 1.78 bits per heavy atom. The monoisotopic (exact) mass is 868 g/mol. The maximum absolute atomic E-state index is 6.98. The van der Waals surface area contributed by atoms with Crippen molar-refractivity contribution in [2.45, 2.75) is 12.8 Å². The first kappa shape index (κ1) is 39.7. The van der Waals surface area contributed by atoms with Crippen LogP contribution >= 0.6 is 0 Å². The van der Waals surface area contributed by atoms with Crippen LogP contribution in [-0.2, 0) is 0 Å². The number of nitrogens with zero attached hydrogens (tertiary/aromatic N) is 2. The minimum absolute atomic E-state index is 0.301. The molecule has 13 rings (SSSR count). The maximum Gasteiger partial charge on any atom is 0.143 e. The number of hydrogen-bond acceptors (Lipinski definition) is 3. The summed E-state index contributed by atoms with van der Waals surface area (Å²) in [6.07, 6.45) is 8.99. The molecule has 2 aromatic heterocycles. The van der Waals surface area contributed by atoms with E-state index in [1.165, 1.54) is 38.6 Å². The second kappa shape index (κ2) is 16.3. The Balaban J connectivity index is 0.945. The summed E-state index contributed by atoms with van der Waals surface area (Å²) in [5.41, 5.74) is 18.2. The lowest BCUT2D eigenvalue weighted by atomic mass is 9.81. The van der Waals surface area contributed by atoms with Gasteiger partial charge in [0.05, 0.1) is 22.9 Å². The van der Waals surface area contributed by atoms with Gasteiger partial charge in [-0.1, -0.05) is 207 Å². The van der Waals surface area contributed by atoms with Crippen LogP contribution in [0.1, 0.15) is 24.0 Å². The molecule has 2 unspecified atom stereocenters. The van der Waals surface area contributed by atoms with Gasteiger partial charge in [0.2, 0.25) is 0 Å². The van der Waals surface area contributed by atoms with Crippen molar-refractivity contribution in [3.63, 3.8) is 0 Å². The molecule has 0 spiro atoms. The maximum atomic E-state index is 6.98. The van der Waals surface area contributed by atoms with Gasteiger partial charge in [-0.25, -0.2) is 4.98 Å². The van der Waals surface area contributed by atoms with Crippen LogP contribution in [-0.4, -0.2) is 9.97 Å². The van der Waals surface area contributed by atoms with Crippen molar-refractivity contribution in [1.29, 1.82) is 0 Å². The largest absolute Gasteiger partial charge is 0.455 e. The molecule has 3 nitrogen and oxygen atoms in total. The van der Waals surface area contributed by atoms with Crippen LogP contribution < -0.4 is 0 Å². The lowest BCUT2D eigenvalue weighted by Crippen LogP contribution is -2.09. The topological polar surface area (TPSA) is 38.9 Å². The van der Waals surface area contributed by atoms with Gasteiger partial charge in [-0.15, -0.1) is 0 Å². The summed E-state index contributed by atoms with van der Waals surface area (Å²) in [4.78, 5) is 10.3. The Morgan fingerprint density at radius 1 is 0.412 bits per heavy atom. The first-order valence-electron chi connectivity index (χ1n) is 23.5. The summed E-state index contributed by atoms with van der Waals surface area (Å²) in [5.74, 6) is 0.706. The number of benzene rings is 10. The van der Waals surface area contributed by atoms with Crippen molar-refractivity contribution >= 4 is 60.1 Å². The third-order valence-electron chi connectivity index (χ3n) is 14.0. The van der Waals surface area contributed by atoms with E-state index in [0.717, 1.165) is 88.4 Å². The molecule has 68 heavy (non-hydrogen) atoms. The Morgan fingerprint density at radius 2 is 1.01 bits per heavy atom. The predicted molar refractivity (Wildman–Crippen MR) is 284 cm³/mol. The number of allylic oxidation sites excluding steroid dienone is 4. The molecule has 0 amide bonds. The summed E-state index contributed by atoms with van der Waals surface area (Å²) in [5, 5.41) is 6.79. The van der Waals surface area contributed by atoms with E-state index in [9.17, 15) is 0 Å². The van der Waals surface area contributed by atoms with Crippen molar-refractivity contribution < 1.29 is 4.42 Å². The molecular weight excluding hydrogens is 825 g/mol. The molecule has 2 atom stereocenters. The van der Waals surface area contributed by atoms with Crippen molar-refractivity contribution in [1.82, 2.24) is 9.97 Å². The molecule has 0 radical (unpaired) electrons. The van der Waals surface area contributed by atoms with Gasteiger partial charge in [-0.05, 0) is 103 Å². The highest BCUT2D eigenvalue weighted by atomic mass is 16.3. The van der Waals surface area contributed by atoms with E-state index in [1.807, 2.05) is 6.20 Å². The van der Waals surface area contributed by atoms with E-state index in [4.69, 9.17) is 14.4 Å². The van der Waals surface area contributed by atoms with E-state index >= 15 is 0 Å². The Bertz CT molecular complexity index is 3940. The highest BCUT2D eigenvalue weighted by molar-refractivity contribution is 6.23. The zero-order chi connectivity index (χ0) is 45.1. The lowest BCUT2D eigenvalue weighted by Gasteiger charge is -2.24. The minimum atomic E-state index is 0.301. The SMILES string of the molecule is CC1C=CC(c2ccc3oc4c(-c5ccccc5-c5ccc(-c6cnc7c8ccccc8c8ccccc8c7n6)cc5)cc(-c5cccc(-c6ccccc6)c5)cc4c3c2)=CC1c1ccccc1. The summed E-state index contributed by atoms with van der Waals surface area (Å²) >= 11 is 0. The minimum Gasteiger partial charge on any atom is -0.455 e. The van der Waals surface area contributed by atoms with Gasteiger partial charge in [0.25, 0.3) is 0 Å². The van der Waals surface area contributed by atoms with Gasteiger partial charge in [0, 0.05) is 38.6 Å². The second-order valence-electron chi connectivity index (χ2n) is 18.1. The highest BCUT2D eigenvalue weighted by Crippen LogP contribution is 2.45. The quantitative estimate of drug-likeness (QED) is 0.150. The van der Waals surface area contributed by atoms with E-state index in [2.05, 4.69) is 237 Å². The number of hydrogen-bond donors (Lipinski definition) is 0. The molecule has 0 saturated heterocycles. The molecule has 0 N–H and O–H groups in total. The third kappa shape index (κ3) is 6.82. The Kier molecular flexibility index (Phi) is 9.54. The molecule has 0 bridgehead atoms. The lowest BCUT2D eigenvalue weighted by molar-refractivity contribution is 0.637. The number of fused-ring (bicyclic) bond motifs is 9. The predicted octanol–water partition coefficient (Wildman–Crippen LogP) is 17.5. The molecule has 0 fully saturated rings. The first-order chi connectivity index (χ1) is 33.6. The zero-order valence-corrected chi connectivity index (χ0v) is 37.5. The van der Waals surface area contributed by atoms with Crippen LogP contribution in [0, 0.1) is 5.92 Å². The average molecular weight is 869 g/mol. The van der Waals surface area contributed by atoms with Crippen LogP contribution in [0.3, 0.4) is 0 Å². The molecular formula is C65H44N2O. The van der Waals surface area contributed by atoms with Gasteiger partial charge < -0.3 is 4.42 Å². The molecule has 320 valence electrons. The fraction of sp³-hybridized carbons (Fsp3) is 0.0462. The summed E-state index contributed by atoms with van der Waals surface area (Å²) in [7, 11) is 0. The summed E-state index contributed by atoms with van der Waals surface area (Å²) < 4.78 is 6.98. The van der Waals surface area contributed by atoms with Crippen molar-refractivity contribution in [3.05, 3.63) is 248 Å². The van der Waals surface area contributed by atoms with E-state index in [0.29, 0.717) is 11.8 Å². The first-order valence-corrected chi connectivity index (χ1v) is 23.5. The van der Waals surface area contributed by atoms with Gasteiger partial charge in [-0.2, -0.15) is 0 Å². The van der Waals surface area contributed by atoms with E-state index in [1.54, 1.807) is 0 Å². The van der Waals surface area contributed by atoms with Gasteiger partial charge in [0.15, 0.2) is 0 Å². The van der Waals surface area contributed by atoms with Crippen LogP contribution in [0.5, 0.6) is 0 Å². The standard InChI is InChI=1S/C65H44N2O/c1-41-27-28-48(36-57(41)43-17-6-3-7-18-43)49-33-34-62-58(37-49)60-39-50(47-20-14-19-46(35-47)42-15-4-2-5-16-42)38-59(65(60)68-62)52-22-9-8-21-51(52)44-29-31-45(32-30-44)61-40-66-63-55-25-12-10-23-53(55)54-24-11-13-26-56(54)64(63)67-61/h2-41,57H,1H3. The smallest absolute Gasteiger partial charge is 0.143 e. The average Bonchev–Trinajstić information content (AvgIpc) is 3.79. The molecule has 0 saturated carbocycles. The number of furan rings is 1. The fourth-order valence-electron chi connectivity index (χ4n) is 10.5. The Hall–Kier alpha value is -8.66. The van der Waals surface area contributed by atoms with Crippen LogP contribution in [0.2, 0.25) is 0 Å². The van der Waals surface area contributed by atoms with Gasteiger partial charge >= 0.3 is 0 Å². The van der Waals surface area contributed by atoms with Crippen LogP contribution in [0.4, 0.5) is 0 Å². The highest BCUT2D eigenvalue weighted by Gasteiger charge is 2.22. The molecule has 2 heterocycles. The Labute approximate surface area is 395 Å². The second-order valence-corrected chi connectivity index (χ2v) is 18.1. The molecule has 0 aliphatic heterocycles. The fourth-order valence-corrected chi connectivity index (χ4v) is 10.5. The van der Waals surface area contributed by atoms with Crippen molar-refractivity contribution in [2.24, 2.45) is 5.92 Å². The van der Waals surface area contributed by atoms with Gasteiger partial charge in [0.1, 0.15) is 11.2 Å².